The quantitative estimate of drug-likeness (QED) is 0.826. The smallest absolute Gasteiger partial charge is 0.258 e. The Kier molecular flexibility index (Phi) is 5.98. The number of nitrogens with one attached hydrogen (secondary N) is 1. The van der Waals surface area contributed by atoms with Crippen LogP contribution < -0.4 is 14.8 Å². The van der Waals surface area contributed by atoms with E-state index in [2.05, 4.69) is 21.2 Å². The van der Waals surface area contributed by atoms with Crippen molar-refractivity contribution in [1.82, 2.24) is 5.32 Å². The van der Waals surface area contributed by atoms with Gasteiger partial charge in [0, 0.05) is 5.56 Å². The first-order valence-corrected chi connectivity index (χ1v) is 7.80. The molecule has 4 nitrogen and oxygen atoms in total. The molecule has 0 radical (unpaired) electrons. The minimum absolute atomic E-state index is 0.163. The molecule has 1 amide bonds. The number of halogens is 2. The van der Waals surface area contributed by atoms with Crippen molar-refractivity contribution in [2.45, 2.75) is 13.0 Å². The van der Waals surface area contributed by atoms with Gasteiger partial charge in [-0.15, -0.1) is 0 Å². The molecule has 1 unspecified atom stereocenters. The molecule has 23 heavy (non-hydrogen) atoms. The minimum Gasteiger partial charge on any atom is -0.496 e. The fourth-order valence-corrected chi connectivity index (χ4v) is 2.59. The van der Waals surface area contributed by atoms with Gasteiger partial charge in [0.25, 0.3) is 5.91 Å². The van der Waals surface area contributed by atoms with Gasteiger partial charge in [-0.1, -0.05) is 18.2 Å². The molecule has 0 spiro atoms. The summed E-state index contributed by atoms with van der Waals surface area (Å²) >= 11 is 3.19. The molecule has 0 aliphatic rings. The predicted molar refractivity (Wildman–Crippen MR) is 89.1 cm³/mol. The number of hydrogen-bond acceptors (Lipinski definition) is 3. The molecule has 0 fully saturated rings. The summed E-state index contributed by atoms with van der Waals surface area (Å²) in [7, 11) is 1.59. The third kappa shape index (κ3) is 4.69. The Morgan fingerprint density at radius 1 is 1.26 bits per heavy atom. The first-order valence-electron chi connectivity index (χ1n) is 7.01. The van der Waals surface area contributed by atoms with E-state index >= 15 is 0 Å². The fourth-order valence-electron chi connectivity index (χ4n) is 2.12. The molecule has 2 aromatic rings. The second kappa shape index (κ2) is 7.97. The summed E-state index contributed by atoms with van der Waals surface area (Å²) in [5, 5.41) is 2.84. The van der Waals surface area contributed by atoms with Crippen molar-refractivity contribution < 1.29 is 18.7 Å². The molecule has 0 aromatic heterocycles. The van der Waals surface area contributed by atoms with E-state index < -0.39 is 0 Å². The summed E-state index contributed by atoms with van der Waals surface area (Å²) in [6.45, 7) is 1.70. The van der Waals surface area contributed by atoms with E-state index in [0.29, 0.717) is 16.0 Å². The highest BCUT2D eigenvalue weighted by atomic mass is 79.9. The fraction of sp³-hybridized carbons (Fsp3) is 0.235. The van der Waals surface area contributed by atoms with Gasteiger partial charge in [-0.05, 0) is 47.1 Å². The topological polar surface area (TPSA) is 47.6 Å². The van der Waals surface area contributed by atoms with Crippen LogP contribution in [0, 0.1) is 5.82 Å². The van der Waals surface area contributed by atoms with Crippen LogP contribution in [0.5, 0.6) is 11.5 Å². The standard InChI is InChI=1S/C17H17BrFNO3/c1-11(13-5-3-4-6-15(13)22-2)20-17(21)10-23-16-8-7-12(19)9-14(16)18/h3-9,11H,10H2,1-2H3,(H,20,21). The number of carbonyl (C=O) groups is 1. The molecule has 2 rings (SSSR count). The molecule has 0 saturated heterocycles. The lowest BCUT2D eigenvalue weighted by molar-refractivity contribution is -0.123. The molecule has 1 atom stereocenters. The maximum Gasteiger partial charge on any atom is 0.258 e. The van der Waals surface area contributed by atoms with E-state index in [1.165, 1.54) is 18.2 Å². The molecule has 0 aliphatic carbocycles. The van der Waals surface area contributed by atoms with Crippen LogP contribution in [-0.2, 0) is 4.79 Å². The third-order valence-corrected chi connectivity index (χ3v) is 3.86. The van der Waals surface area contributed by atoms with Gasteiger partial charge in [-0.25, -0.2) is 4.39 Å². The van der Waals surface area contributed by atoms with Crippen LogP contribution >= 0.6 is 15.9 Å². The van der Waals surface area contributed by atoms with Crippen molar-refractivity contribution in [3.63, 3.8) is 0 Å². The number of amides is 1. The van der Waals surface area contributed by atoms with Crippen molar-refractivity contribution in [1.29, 1.82) is 0 Å². The lowest BCUT2D eigenvalue weighted by Gasteiger charge is -2.17. The zero-order chi connectivity index (χ0) is 16.8. The predicted octanol–water partition coefficient (Wildman–Crippen LogP) is 3.85. The van der Waals surface area contributed by atoms with Gasteiger partial charge in [-0.2, -0.15) is 0 Å². The highest BCUT2D eigenvalue weighted by Gasteiger charge is 2.14. The maximum absolute atomic E-state index is 13.0. The van der Waals surface area contributed by atoms with Crippen LogP contribution in [0.4, 0.5) is 4.39 Å². The molecule has 0 bridgehead atoms. The first-order chi connectivity index (χ1) is 11.0. The molecule has 0 aliphatic heterocycles. The Morgan fingerprint density at radius 2 is 2.00 bits per heavy atom. The number of methoxy groups -OCH3 is 1. The molecule has 122 valence electrons. The van der Waals surface area contributed by atoms with Crippen LogP contribution in [0.15, 0.2) is 46.9 Å². The summed E-state index contributed by atoms with van der Waals surface area (Å²) < 4.78 is 24.1. The molecular formula is C17H17BrFNO3. The van der Waals surface area contributed by atoms with Gasteiger partial charge in [0.05, 0.1) is 17.6 Å². The zero-order valence-electron chi connectivity index (χ0n) is 12.8. The third-order valence-electron chi connectivity index (χ3n) is 3.24. The van der Waals surface area contributed by atoms with E-state index in [9.17, 15) is 9.18 Å². The maximum atomic E-state index is 13.0. The van der Waals surface area contributed by atoms with Crippen molar-refractivity contribution in [2.75, 3.05) is 13.7 Å². The Morgan fingerprint density at radius 3 is 2.70 bits per heavy atom. The van der Waals surface area contributed by atoms with Crippen molar-refractivity contribution in [2.24, 2.45) is 0 Å². The van der Waals surface area contributed by atoms with Crippen molar-refractivity contribution >= 4 is 21.8 Å². The minimum atomic E-state index is -0.376. The van der Waals surface area contributed by atoms with Crippen molar-refractivity contribution in [3.05, 3.63) is 58.3 Å². The highest BCUT2D eigenvalue weighted by molar-refractivity contribution is 9.10. The van der Waals surface area contributed by atoms with E-state index in [1.54, 1.807) is 7.11 Å². The molecule has 6 heteroatoms. The van der Waals surface area contributed by atoms with E-state index in [0.717, 1.165) is 5.56 Å². The lowest BCUT2D eigenvalue weighted by atomic mass is 10.1. The monoisotopic (exact) mass is 381 g/mol. The van der Waals surface area contributed by atoms with Gasteiger partial charge >= 0.3 is 0 Å². The number of ether oxygens (including phenoxy) is 2. The molecule has 1 N–H and O–H groups in total. The summed E-state index contributed by atoms with van der Waals surface area (Å²) in [5.74, 6) is 0.465. The van der Waals surface area contributed by atoms with Crippen LogP contribution in [0.3, 0.4) is 0 Å². The summed E-state index contributed by atoms with van der Waals surface area (Å²) in [6.07, 6.45) is 0. The van der Waals surface area contributed by atoms with E-state index in [1.807, 2.05) is 31.2 Å². The Bertz CT molecular complexity index is 693. The Labute approximate surface area is 142 Å². The molecule has 0 saturated carbocycles. The number of carbonyl (C=O) groups excluding carboxylic acids is 1. The highest BCUT2D eigenvalue weighted by Crippen LogP contribution is 2.26. The second-order valence-electron chi connectivity index (χ2n) is 4.89. The average Bonchev–Trinajstić information content (AvgIpc) is 2.54. The van der Waals surface area contributed by atoms with Crippen LogP contribution in [-0.4, -0.2) is 19.6 Å². The largest absolute Gasteiger partial charge is 0.496 e. The van der Waals surface area contributed by atoms with Gasteiger partial charge < -0.3 is 14.8 Å². The normalized spacial score (nSPS) is 11.7. The van der Waals surface area contributed by atoms with Gasteiger partial charge in [0.2, 0.25) is 0 Å². The Balaban J connectivity index is 1.94. The lowest BCUT2D eigenvalue weighted by Crippen LogP contribution is -2.31. The zero-order valence-corrected chi connectivity index (χ0v) is 14.4. The molecular weight excluding hydrogens is 365 g/mol. The number of benzene rings is 2. The summed E-state index contributed by atoms with van der Waals surface area (Å²) in [5.41, 5.74) is 0.881. The van der Waals surface area contributed by atoms with Crippen molar-refractivity contribution in [3.8, 4) is 11.5 Å². The Hall–Kier alpha value is -2.08. The van der Waals surface area contributed by atoms with Gasteiger partial charge in [-0.3, -0.25) is 4.79 Å². The second-order valence-corrected chi connectivity index (χ2v) is 5.75. The average molecular weight is 382 g/mol. The molecule has 2 aromatic carbocycles. The van der Waals surface area contributed by atoms with Crippen LogP contribution in [0.25, 0.3) is 0 Å². The number of para-hydroxylation sites is 1. The van der Waals surface area contributed by atoms with E-state index in [4.69, 9.17) is 9.47 Å². The van der Waals surface area contributed by atoms with Gasteiger partial charge in [0.15, 0.2) is 6.61 Å². The molecule has 0 heterocycles. The summed E-state index contributed by atoms with van der Waals surface area (Å²) in [6, 6.07) is 11.3. The number of rotatable bonds is 6. The SMILES string of the molecule is COc1ccccc1C(C)NC(=O)COc1ccc(F)cc1Br. The van der Waals surface area contributed by atoms with Gasteiger partial charge in [0.1, 0.15) is 17.3 Å². The van der Waals surface area contributed by atoms with Crippen LogP contribution in [0.1, 0.15) is 18.5 Å². The van der Waals surface area contributed by atoms with E-state index in [-0.39, 0.29) is 24.4 Å². The number of hydrogen-bond donors (Lipinski definition) is 1. The summed E-state index contributed by atoms with van der Waals surface area (Å²) in [4.78, 5) is 12.0. The first kappa shape index (κ1) is 17.3. The van der Waals surface area contributed by atoms with Crippen LogP contribution in [0.2, 0.25) is 0 Å².